The Balaban J connectivity index is 1.68. The minimum Gasteiger partial charge on any atom is -0.375 e. The van der Waals surface area contributed by atoms with Gasteiger partial charge in [-0.2, -0.15) is 5.26 Å². The molecule has 1 aliphatic carbocycles. The van der Waals surface area contributed by atoms with Crippen molar-refractivity contribution < 1.29 is 4.74 Å². The monoisotopic (exact) mass is 248 g/mol. The topological polar surface area (TPSA) is 36.3 Å². The summed E-state index contributed by atoms with van der Waals surface area (Å²) in [6.45, 7) is 2.03. The van der Waals surface area contributed by atoms with E-state index in [0.29, 0.717) is 6.04 Å². The van der Waals surface area contributed by atoms with Crippen LogP contribution in [0.15, 0.2) is 0 Å². The lowest BCUT2D eigenvalue weighted by Gasteiger charge is -2.46. The fourth-order valence-corrected chi connectivity index (χ4v) is 4.19. The summed E-state index contributed by atoms with van der Waals surface area (Å²) in [4.78, 5) is 2.47. The van der Waals surface area contributed by atoms with Crippen LogP contribution < -0.4 is 0 Å². The standard InChI is InChI=1S/C15H24N2O/c16-12-14-5-4-9-17(14)13-6-10-18-15(11-13)7-2-1-3-8-15/h13-14H,1-11H2. The van der Waals surface area contributed by atoms with Gasteiger partial charge in [0.1, 0.15) is 0 Å². The first-order valence-electron chi connectivity index (χ1n) is 7.62. The van der Waals surface area contributed by atoms with Gasteiger partial charge in [0.25, 0.3) is 0 Å². The number of ether oxygens (including phenoxy) is 1. The van der Waals surface area contributed by atoms with E-state index in [1.807, 2.05) is 0 Å². The van der Waals surface area contributed by atoms with E-state index in [-0.39, 0.29) is 11.6 Å². The second-order valence-electron chi connectivity index (χ2n) is 6.26. The van der Waals surface area contributed by atoms with E-state index in [9.17, 15) is 5.26 Å². The molecule has 1 spiro atoms. The lowest BCUT2D eigenvalue weighted by atomic mass is 9.78. The fourth-order valence-electron chi connectivity index (χ4n) is 4.19. The molecule has 2 atom stereocenters. The number of rotatable bonds is 1. The molecule has 3 aliphatic rings. The SMILES string of the molecule is N#CC1CCCN1C1CCOC2(CCCCC2)C1. The lowest BCUT2D eigenvalue weighted by molar-refractivity contribution is -0.124. The normalized spacial score (nSPS) is 36.6. The van der Waals surface area contributed by atoms with Crippen molar-refractivity contribution in [2.24, 2.45) is 0 Å². The van der Waals surface area contributed by atoms with E-state index >= 15 is 0 Å². The molecule has 0 aromatic rings. The molecule has 0 aromatic heterocycles. The molecule has 3 rings (SSSR count). The van der Waals surface area contributed by atoms with Gasteiger partial charge in [-0.3, -0.25) is 4.90 Å². The summed E-state index contributed by atoms with van der Waals surface area (Å²) in [6.07, 6.45) is 11.1. The summed E-state index contributed by atoms with van der Waals surface area (Å²) < 4.78 is 6.16. The maximum absolute atomic E-state index is 9.25. The summed E-state index contributed by atoms with van der Waals surface area (Å²) in [5, 5.41) is 9.25. The van der Waals surface area contributed by atoms with Crippen LogP contribution in [0.25, 0.3) is 0 Å². The first-order chi connectivity index (χ1) is 8.83. The molecule has 100 valence electrons. The summed E-state index contributed by atoms with van der Waals surface area (Å²) >= 11 is 0. The Kier molecular flexibility index (Phi) is 3.59. The Hall–Kier alpha value is -0.590. The van der Waals surface area contributed by atoms with Crippen molar-refractivity contribution in [3.8, 4) is 6.07 Å². The predicted molar refractivity (Wildman–Crippen MR) is 70.1 cm³/mol. The minimum absolute atomic E-state index is 0.170. The molecule has 3 fully saturated rings. The van der Waals surface area contributed by atoms with Crippen LogP contribution in [0.2, 0.25) is 0 Å². The summed E-state index contributed by atoms with van der Waals surface area (Å²) in [5.74, 6) is 0. The van der Waals surface area contributed by atoms with Crippen LogP contribution in [0.3, 0.4) is 0 Å². The highest BCUT2D eigenvalue weighted by molar-refractivity contribution is 5.01. The second-order valence-corrected chi connectivity index (χ2v) is 6.26. The van der Waals surface area contributed by atoms with Gasteiger partial charge in [0, 0.05) is 12.6 Å². The number of likely N-dealkylation sites (tertiary alicyclic amines) is 1. The van der Waals surface area contributed by atoms with E-state index in [4.69, 9.17) is 4.74 Å². The van der Waals surface area contributed by atoms with Crippen molar-refractivity contribution in [3.63, 3.8) is 0 Å². The van der Waals surface area contributed by atoms with Gasteiger partial charge < -0.3 is 4.74 Å². The number of hydrogen-bond acceptors (Lipinski definition) is 3. The van der Waals surface area contributed by atoms with Gasteiger partial charge in [0.05, 0.1) is 17.7 Å². The van der Waals surface area contributed by atoms with E-state index in [1.165, 1.54) is 44.9 Å². The molecule has 2 unspecified atom stereocenters. The summed E-state index contributed by atoms with van der Waals surface area (Å²) in [5.41, 5.74) is 0.170. The zero-order valence-electron chi connectivity index (χ0n) is 11.2. The van der Waals surface area contributed by atoms with Gasteiger partial charge in [0.2, 0.25) is 0 Å². The average molecular weight is 248 g/mol. The molecule has 0 bridgehead atoms. The fraction of sp³-hybridized carbons (Fsp3) is 0.933. The first-order valence-corrected chi connectivity index (χ1v) is 7.62. The maximum Gasteiger partial charge on any atom is 0.0980 e. The largest absolute Gasteiger partial charge is 0.375 e. The van der Waals surface area contributed by atoms with Gasteiger partial charge in [-0.1, -0.05) is 19.3 Å². The van der Waals surface area contributed by atoms with Gasteiger partial charge >= 0.3 is 0 Å². The van der Waals surface area contributed by atoms with Crippen molar-refractivity contribution in [1.82, 2.24) is 4.90 Å². The van der Waals surface area contributed by atoms with E-state index in [1.54, 1.807) is 0 Å². The van der Waals surface area contributed by atoms with Crippen LogP contribution in [0.5, 0.6) is 0 Å². The highest BCUT2D eigenvalue weighted by Gasteiger charge is 2.42. The first kappa shape index (κ1) is 12.4. The van der Waals surface area contributed by atoms with Gasteiger partial charge in [-0.05, 0) is 45.1 Å². The summed E-state index contributed by atoms with van der Waals surface area (Å²) in [7, 11) is 0. The number of nitrogens with zero attached hydrogens (tertiary/aromatic N) is 2. The molecule has 3 nitrogen and oxygen atoms in total. The van der Waals surface area contributed by atoms with Crippen LogP contribution in [0, 0.1) is 11.3 Å². The minimum atomic E-state index is 0.170. The average Bonchev–Trinajstić information content (AvgIpc) is 2.88. The molecule has 0 N–H and O–H groups in total. The van der Waals surface area contributed by atoms with Crippen molar-refractivity contribution in [2.75, 3.05) is 13.2 Å². The van der Waals surface area contributed by atoms with Gasteiger partial charge in [-0.25, -0.2) is 0 Å². The van der Waals surface area contributed by atoms with Crippen LogP contribution >= 0.6 is 0 Å². The molecular weight excluding hydrogens is 224 g/mol. The molecule has 2 saturated heterocycles. The predicted octanol–water partition coefficient (Wildman–Crippen LogP) is 2.86. The molecule has 2 aliphatic heterocycles. The maximum atomic E-state index is 9.25. The third-order valence-electron chi connectivity index (χ3n) is 5.14. The lowest BCUT2D eigenvalue weighted by Crippen LogP contribution is -2.50. The number of hydrogen-bond donors (Lipinski definition) is 0. The van der Waals surface area contributed by atoms with Crippen molar-refractivity contribution >= 4 is 0 Å². The van der Waals surface area contributed by atoms with Crippen molar-refractivity contribution in [3.05, 3.63) is 0 Å². The molecule has 0 amide bonds. The van der Waals surface area contributed by atoms with Crippen molar-refractivity contribution in [2.45, 2.75) is 75.5 Å². The van der Waals surface area contributed by atoms with Gasteiger partial charge in [0.15, 0.2) is 0 Å². The highest BCUT2D eigenvalue weighted by Crippen LogP contribution is 2.41. The Labute approximate surface area is 110 Å². The molecule has 3 heteroatoms. The van der Waals surface area contributed by atoms with E-state index in [0.717, 1.165) is 26.0 Å². The molecule has 0 aromatic carbocycles. The summed E-state index contributed by atoms with van der Waals surface area (Å²) in [6, 6.07) is 3.26. The highest BCUT2D eigenvalue weighted by atomic mass is 16.5. The third kappa shape index (κ3) is 2.29. The van der Waals surface area contributed by atoms with Crippen molar-refractivity contribution in [1.29, 1.82) is 5.26 Å². The Morgan fingerprint density at radius 1 is 1.11 bits per heavy atom. The van der Waals surface area contributed by atoms with Crippen LogP contribution in [-0.4, -0.2) is 35.7 Å². The van der Waals surface area contributed by atoms with Crippen LogP contribution in [0.4, 0.5) is 0 Å². The zero-order chi connectivity index (χ0) is 12.4. The van der Waals surface area contributed by atoms with Crippen LogP contribution in [0.1, 0.15) is 57.8 Å². The second kappa shape index (κ2) is 5.19. The number of nitriles is 1. The van der Waals surface area contributed by atoms with Crippen LogP contribution in [-0.2, 0) is 4.74 Å². The van der Waals surface area contributed by atoms with E-state index in [2.05, 4.69) is 11.0 Å². The molecule has 0 radical (unpaired) electrons. The molecular formula is C15H24N2O. The van der Waals surface area contributed by atoms with E-state index < -0.39 is 0 Å². The Bertz CT molecular complexity index is 324. The quantitative estimate of drug-likeness (QED) is 0.716. The zero-order valence-corrected chi connectivity index (χ0v) is 11.2. The molecule has 18 heavy (non-hydrogen) atoms. The Morgan fingerprint density at radius 2 is 1.94 bits per heavy atom. The van der Waals surface area contributed by atoms with Gasteiger partial charge in [-0.15, -0.1) is 0 Å². The smallest absolute Gasteiger partial charge is 0.0980 e. The molecule has 2 heterocycles. The Morgan fingerprint density at radius 3 is 2.72 bits per heavy atom. The molecule has 1 saturated carbocycles. The third-order valence-corrected chi connectivity index (χ3v) is 5.14.